The third-order valence-electron chi connectivity index (χ3n) is 3.42. The van der Waals surface area contributed by atoms with Gasteiger partial charge in [0.05, 0.1) is 5.69 Å². The summed E-state index contributed by atoms with van der Waals surface area (Å²) in [7, 11) is 0. The molecule has 0 spiro atoms. The number of nitrogens with zero attached hydrogens (tertiary/aromatic N) is 2. The van der Waals surface area contributed by atoms with Gasteiger partial charge in [0.15, 0.2) is 11.1 Å². The van der Waals surface area contributed by atoms with Crippen LogP contribution in [0.25, 0.3) is 11.3 Å². The Bertz CT molecular complexity index is 966. The Balaban J connectivity index is 1.99. The van der Waals surface area contributed by atoms with Gasteiger partial charge in [-0.3, -0.25) is 0 Å². The largest absolute Gasteiger partial charge is 0.457 e. The van der Waals surface area contributed by atoms with Crippen molar-refractivity contribution in [2.24, 2.45) is 0 Å². The molecule has 0 aliphatic rings. The Morgan fingerprint density at radius 1 is 0.963 bits per heavy atom. The fraction of sp³-hybridized carbons (Fsp3) is 0.111. The van der Waals surface area contributed by atoms with E-state index in [9.17, 15) is 17.4 Å². The number of benzene rings is 2. The first-order valence-electron chi connectivity index (χ1n) is 7.67. The van der Waals surface area contributed by atoms with Gasteiger partial charge in [-0.05, 0) is 30.3 Å². The van der Waals surface area contributed by atoms with Gasteiger partial charge in [0.25, 0.3) is 0 Å². The Kier molecular flexibility index (Phi) is 5.52. The van der Waals surface area contributed by atoms with E-state index in [-0.39, 0.29) is 11.5 Å². The maximum atomic E-state index is 13.1. The molecule has 1 unspecified atom stereocenters. The van der Waals surface area contributed by atoms with E-state index in [1.54, 1.807) is 42.5 Å². The molecule has 0 aliphatic carbocycles. The van der Waals surface area contributed by atoms with Crippen LogP contribution < -0.4 is 4.74 Å². The number of aromatic nitrogens is 2. The zero-order chi connectivity index (χ0) is 19.4. The minimum atomic E-state index is -4.71. The Labute approximate surface area is 155 Å². The van der Waals surface area contributed by atoms with Crippen molar-refractivity contribution >= 4 is 11.1 Å². The second-order valence-electron chi connectivity index (χ2n) is 5.46. The number of rotatable bonds is 5. The molecule has 0 fully saturated rings. The SMILES string of the molecule is O=S(O)Cc1nc(-c2cccc(Oc3ccccc3)c2)cc(C(F)(F)F)n1. The molecule has 1 atom stereocenters. The summed E-state index contributed by atoms with van der Waals surface area (Å²) >= 11 is -2.36. The predicted octanol–water partition coefficient (Wildman–Crippen LogP) is 4.68. The van der Waals surface area contributed by atoms with Gasteiger partial charge in [0.1, 0.15) is 28.8 Å². The molecule has 9 heteroatoms. The summed E-state index contributed by atoms with van der Waals surface area (Å²) in [6.45, 7) is 0. The van der Waals surface area contributed by atoms with E-state index in [0.29, 0.717) is 17.1 Å². The minimum Gasteiger partial charge on any atom is -0.457 e. The lowest BCUT2D eigenvalue weighted by Crippen LogP contribution is -2.12. The average molecular weight is 394 g/mol. The van der Waals surface area contributed by atoms with Crippen molar-refractivity contribution in [3.05, 3.63) is 72.2 Å². The minimum absolute atomic E-state index is 0.0173. The van der Waals surface area contributed by atoms with Crippen LogP contribution in [-0.2, 0) is 23.0 Å². The zero-order valence-electron chi connectivity index (χ0n) is 13.7. The number of alkyl halides is 3. The predicted molar refractivity (Wildman–Crippen MR) is 93.5 cm³/mol. The van der Waals surface area contributed by atoms with Gasteiger partial charge >= 0.3 is 6.18 Å². The monoisotopic (exact) mass is 394 g/mol. The lowest BCUT2D eigenvalue weighted by Gasteiger charge is -2.11. The summed E-state index contributed by atoms with van der Waals surface area (Å²) in [5.74, 6) is 0.0230. The average Bonchev–Trinajstić information content (AvgIpc) is 2.61. The summed E-state index contributed by atoms with van der Waals surface area (Å²) in [4.78, 5) is 7.33. The number of hydrogen-bond acceptors (Lipinski definition) is 4. The van der Waals surface area contributed by atoms with Crippen LogP contribution in [0.2, 0.25) is 0 Å². The van der Waals surface area contributed by atoms with Crippen LogP contribution in [-0.4, -0.2) is 18.7 Å². The molecule has 0 amide bonds. The van der Waals surface area contributed by atoms with Gasteiger partial charge in [-0.2, -0.15) is 13.2 Å². The molecule has 0 aliphatic heterocycles. The van der Waals surface area contributed by atoms with Crippen molar-refractivity contribution in [1.82, 2.24) is 9.97 Å². The van der Waals surface area contributed by atoms with Crippen molar-refractivity contribution in [3.8, 4) is 22.8 Å². The van der Waals surface area contributed by atoms with E-state index in [0.717, 1.165) is 6.07 Å². The summed E-state index contributed by atoms with van der Waals surface area (Å²) in [6.07, 6.45) is -4.71. The van der Waals surface area contributed by atoms with E-state index < -0.39 is 28.7 Å². The fourth-order valence-electron chi connectivity index (χ4n) is 2.31. The Morgan fingerprint density at radius 3 is 2.33 bits per heavy atom. The molecular formula is C18H13F3N2O3S. The number of hydrogen-bond donors (Lipinski definition) is 1. The summed E-state index contributed by atoms with van der Waals surface area (Å²) in [6, 6.07) is 16.1. The van der Waals surface area contributed by atoms with Crippen LogP contribution in [0.15, 0.2) is 60.7 Å². The van der Waals surface area contributed by atoms with Gasteiger partial charge in [-0.1, -0.05) is 30.3 Å². The maximum absolute atomic E-state index is 13.1. The first-order chi connectivity index (χ1) is 12.8. The zero-order valence-corrected chi connectivity index (χ0v) is 14.5. The molecule has 0 radical (unpaired) electrons. The lowest BCUT2D eigenvalue weighted by molar-refractivity contribution is -0.141. The van der Waals surface area contributed by atoms with Crippen LogP contribution in [0.3, 0.4) is 0 Å². The van der Waals surface area contributed by atoms with Gasteiger partial charge in [0.2, 0.25) is 0 Å². The van der Waals surface area contributed by atoms with Crippen LogP contribution in [0.1, 0.15) is 11.5 Å². The highest BCUT2D eigenvalue weighted by molar-refractivity contribution is 7.78. The van der Waals surface area contributed by atoms with Gasteiger partial charge in [-0.15, -0.1) is 0 Å². The van der Waals surface area contributed by atoms with Crippen LogP contribution in [0.4, 0.5) is 13.2 Å². The molecule has 140 valence electrons. The van der Waals surface area contributed by atoms with Crippen LogP contribution in [0.5, 0.6) is 11.5 Å². The van der Waals surface area contributed by atoms with E-state index in [4.69, 9.17) is 9.29 Å². The highest BCUT2D eigenvalue weighted by Gasteiger charge is 2.34. The number of halogens is 3. The number of ether oxygens (including phenoxy) is 1. The molecule has 0 saturated carbocycles. The smallest absolute Gasteiger partial charge is 0.433 e. The highest BCUT2D eigenvalue weighted by atomic mass is 32.2. The molecule has 0 saturated heterocycles. The standard InChI is InChI=1S/C18H13F3N2O3S/c19-18(20,21)16-10-15(22-17(23-16)11-27(24)25)12-5-4-8-14(9-12)26-13-6-2-1-3-7-13/h1-10H,11H2,(H,24,25). The maximum Gasteiger partial charge on any atom is 0.433 e. The molecule has 5 nitrogen and oxygen atoms in total. The molecule has 3 rings (SSSR count). The molecule has 0 bridgehead atoms. The molecule has 1 aromatic heterocycles. The second kappa shape index (κ2) is 7.85. The van der Waals surface area contributed by atoms with Crippen LogP contribution in [0, 0.1) is 0 Å². The van der Waals surface area contributed by atoms with Crippen molar-refractivity contribution in [2.75, 3.05) is 0 Å². The quantitative estimate of drug-likeness (QED) is 0.637. The van der Waals surface area contributed by atoms with Crippen LogP contribution >= 0.6 is 0 Å². The normalized spacial score (nSPS) is 12.6. The summed E-state index contributed by atoms with van der Waals surface area (Å²) < 4.78 is 64.9. The third kappa shape index (κ3) is 5.11. The van der Waals surface area contributed by atoms with Gasteiger partial charge in [-0.25, -0.2) is 14.2 Å². The Morgan fingerprint density at radius 2 is 1.67 bits per heavy atom. The van der Waals surface area contributed by atoms with Gasteiger partial charge in [0, 0.05) is 5.56 Å². The summed E-state index contributed by atoms with van der Waals surface area (Å²) in [5, 5.41) is 0. The fourth-order valence-corrected chi connectivity index (χ4v) is 2.66. The van der Waals surface area contributed by atoms with Crippen molar-refractivity contribution < 1.29 is 26.7 Å². The van der Waals surface area contributed by atoms with E-state index >= 15 is 0 Å². The first-order valence-corrected chi connectivity index (χ1v) is 8.95. The molecule has 27 heavy (non-hydrogen) atoms. The number of para-hydroxylation sites is 1. The first kappa shape index (κ1) is 19.0. The molecule has 1 N–H and O–H groups in total. The van der Waals surface area contributed by atoms with Crippen molar-refractivity contribution in [2.45, 2.75) is 11.9 Å². The lowest BCUT2D eigenvalue weighted by atomic mass is 10.1. The molecular weight excluding hydrogens is 381 g/mol. The molecule has 2 aromatic carbocycles. The molecule has 1 heterocycles. The molecule has 3 aromatic rings. The summed E-state index contributed by atoms with van der Waals surface area (Å²) in [5.41, 5.74) is -0.833. The van der Waals surface area contributed by atoms with Gasteiger partial charge < -0.3 is 9.29 Å². The van der Waals surface area contributed by atoms with E-state index in [1.807, 2.05) is 6.07 Å². The second-order valence-corrected chi connectivity index (χ2v) is 6.39. The third-order valence-corrected chi connectivity index (χ3v) is 3.93. The van der Waals surface area contributed by atoms with Crippen molar-refractivity contribution in [1.29, 1.82) is 0 Å². The van der Waals surface area contributed by atoms with E-state index in [2.05, 4.69) is 9.97 Å². The highest BCUT2D eigenvalue weighted by Crippen LogP contribution is 2.32. The topological polar surface area (TPSA) is 72.3 Å². The van der Waals surface area contributed by atoms with Crippen molar-refractivity contribution in [3.63, 3.8) is 0 Å². The van der Waals surface area contributed by atoms with E-state index in [1.165, 1.54) is 6.07 Å². The Hall–Kier alpha value is -2.78.